The van der Waals surface area contributed by atoms with Gasteiger partial charge in [-0.05, 0) is 37.6 Å². The van der Waals surface area contributed by atoms with E-state index in [2.05, 4.69) is 48.5 Å². The summed E-state index contributed by atoms with van der Waals surface area (Å²) in [5.41, 5.74) is 0.144. The van der Waals surface area contributed by atoms with Gasteiger partial charge in [0.1, 0.15) is 0 Å². The maximum absolute atomic E-state index is 4.01. The molecular weight excluding hydrogens is 222 g/mol. The fraction of sp³-hybridized carbons (Fsp3) is 0.900. The van der Waals surface area contributed by atoms with Gasteiger partial charge in [0.15, 0.2) is 0 Å². The van der Waals surface area contributed by atoms with Crippen molar-refractivity contribution in [2.45, 2.75) is 51.4 Å². The molecule has 6 heteroatoms. The van der Waals surface area contributed by atoms with Gasteiger partial charge in [-0.2, -0.15) is 0 Å². The molecule has 0 aliphatic carbocycles. The molecule has 1 aromatic rings. The van der Waals surface area contributed by atoms with E-state index in [-0.39, 0.29) is 5.54 Å². The van der Waals surface area contributed by atoms with Crippen LogP contribution in [0.5, 0.6) is 0 Å². The molecule has 0 saturated heterocycles. The summed E-state index contributed by atoms with van der Waals surface area (Å²) in [5.74, 6) is 1.06. The number of nitrogens with one attached hydrogen (secondary N) is 1. The SMILES string of the molecule is CCCSc1nnnn1CCNC(C)(C)C. The Balaban J connectivity index is 2.38. The zero-order valence-corrected chi connectivity index (χ0v) is 11.3. The minimum absolute atomic E-state index is 0.144. The van der Waals surface area contributed by atoms with Crippen LogP contribution in [-0.2, 0) is 6.54 Å². The zero-order chi connectivity index (χ0) is 12.0. The Kier molecular flexibility index (Phi) is 5.21. The summed E-state index contributed by atoms with van der Waals surface area (Å²) in [4.78, 5) is 0. The topological polar surface area (TPSA) is 55.6 Å². The van der Waals surface area contributed by atoms with E-state index in [1.165, 1.54) is 0 Å². The van der Waals surface area contributed by atoms with Crippen LogP contribution in [0, 0.1) is 0 Å². The highest BCUT2D eigenvalue weighted by atomic mass is 32.2. The lowest BCUT2D eigenvalue weighted by Crippen LogP contribution is -2.38. The van der Waals surface area contributed by atoms with Crippen molar-refractivity contribution >= 4 is 11.8 Å². The van der Waals surface area contributed by atoms with Gasteiger partial charge in [0.25, 0.3) is 0 Å². The van der Waals surface area contributed by atoms with Crippen LogP contribution in [0.3, 0.4) is 0 Å². The molecule has 1 aromatic heterocycles. The Hall–Kier alpha value is -0.620. The molecule has 0 saturated carbocycles. The summed E-state index contributed by atoms with van der Waals surface area (Å²) in [7, 11) is 0. The molecule has 92 valence electrons. The smallest absolute Gasteiger partial charge is 0.209 e. The second-order valence-corrected chi connectivity index (χ2v) is 5.77. The third-order valence-corrected chi connectivity index (χ3v) is 3.08. The normalized spacial score (nSPS) is 12.0. The molecule has 1 heterocycles. The fourth-order valence-corrected chi connectivity index (χ4v) is 1.93. The van der Waals surface area contributed by atoms with Crippen molar-refractivity contribution in [3.8, 4) is 0 Å². The van der Waals surface area contributed by atoms with Gasteiger partial charge in [0.2, 0.25) is 5.16 Å². The van der Waals surface area contributed by atoms with Gasteiger partial charge in [-0.3, -0.25) is 0 Å². The van der Waals surface area contributed by atoms with Gasteiger partial charge in [0, 0.05) is 17.8 Å². The van der Waals surface area contributed by atoms with Crippen LogP contribution in [0.2, 0.25) is 0 Å². The number of hydrogen-bond acceptors (Lipinski definition) is 5. The van der Waals surface area contributed by atoms with Gasteiger partial charge in [0.05, 0.1) is 6.54 Å². The first-order chi connectivity index (χ1) is 7.53. The summed E-state index contributed by atoms with van der Waals surface area (Å²) >= 11 is 1.71. The van der Waals surface area contributed by atoms with Crippen LogP contribution in [0.15, 0.2) is 5.16 Å². The molecule has 5 nitrogen and oxygen atoms in total. The molecule has 0 aromatic carbocycles. The quantitative estimate of drug-likeness (QED) is 0.769. The molecule has 1 rings (SSSR count). The molecule has 0 unspecified atom stereocenters. The fourth-order valence-electron chi connectivity index (χ4n) is 1.17. The third kappa shape index (κ3) is 4.94. The maximum atomic E-state index is 4.01. The lowest BCUT2D eigenvalue weighted by Gasteiger charge is -2.20. The number of aromatic nitrogens is 4. The van der Waals surface area contributed by atoms with Crippen molar-refractivity contribution in [1.82, 2.24) is 25.5 Å². The first-order valence-electron chi connectivity index (χ1n) is 5.67. The van der Waals surface area contributed by atoms with Crippen LogP contribution in [-0.4, -0.2) is 38.0 Å². The van der Waals surface area contributed by atoms with Crippen LogP contribution in [0.25, 0.3) is 0 Å². The van der Waals surface area contributed by atoms with Gasteiger partial charge in [-0.1, -0.05) is 18.7 Å². The number of tetrazole rings is 1. The van der Waals surface area contributed by atoms with Crippen LogP contribution < -0.4 is 5.32 Å². The lowest BCUT2D eigenvalue weighted by atomic mass is 10.1. The standard InChI is InChI=1S/C10H21N5S/c1-5-8-16-9-12-13-14-15(9)7-6-11-10(2,3)4/h11H,5-8H2,1-4H3. The van der Waals surface area contributed by atoms with Crippen molar-refractivity contribution in [3.05, 3.63) is 0 Å². The predicted molar refractivity (Wildman–Crippen MR) is 66.6 cm³/mol. The van der Waals surface area contributed by atoms with Crippen molar-refractivity contribution in [2.75, 3.05) is 12.3 Å². The van der Waals surface area contributed by atoms with Crippen LogP contribution in [0.1, 0.15) is 34.1 Å². The molecule has 0 radical (unpaired) electrons. The van der Waals surface area contributed by atoms with E-state index in [4.69, 9.17) is 0 Å². The zero-order valence-electron chi connectivity index (χ0n) is 10.5. The molecule has 16 heavy (non-hydrogen) atoms. The highest BCUT2D eigenvalue weighted by molar-refractivity contribution is 7.99. The van der Waals surface area contributed by atoms with Gasteiger partial charge < -0.3 is 5.32 Å². The van der Waals surface area contributed by atoms with E-state index in [1.807, 2.05) is 4.68 Å². The number of hydrogen-bond donors (Lipinski definition) is 1. The molecule has 0 bridgehead atoms. The molecule has 0 aliphatic heterocycles. The second kappa shape index (κ2) is 6.20. The molecule has 0 fully saturated rings. The molecular formula is C10H21N5S. The van der Waals surface area contributed by atoms with E-state index in [0.29, 0.717) is 0 Å². The minimum atomic E-state index is 0.144. The second-order valence-electron chi connectivity index (χ2n) is 4.71. The Bertz CT molecular complexity index is 304. The highest BCUT2D eigenvalue weighted by Crippen LogP contribution is 2.13. The van der Waals surface area contributed by atoms with E-state index in [9.17, 15) is 0 Å². The van der Waals surface area contributed by atoms with Gasteiger partial charge in [-0.15, -0.1) is 5.10 Å². The Labute approximate surface area is 101 Å². The van der Waals surface area contributed by atoms with Crippen molar-refractivity contribution in [1.29, 1.82) is 0 Å². The van der Waals surface area contributed by atoms with Gasteiger partial charge >= 0.3 is 0 Å². The monoisotopic (exact) mass is 243 g/mol. The maximum Gasteiger partial charge on any atom is 0.209 e. The largest absolute Gasteiger partial charge is 0.310 e. The Morgan fingerprint density at radius 2 is 2.12 bits per heavy atom. The van der Waals surface area contributed by atoms with Crippen LogP contribution in [0.4, 0.5) is 0 Å². The van der Waals surface area contributed by atoms with Crippen molar-refractivity contribution < 1.29 is 0 Å². The molecule has 0 amide bonds. The number of nitrogens with zero attached hydrogens (tertiary/aromatic N) is 4. The number of rotatable bonds is 6. The van der Waals surface area contributed by atoms with Crippen molar-refractivity contribution in [3.63, 3.8) is 0 Å². The van der Waals surface area contributed by atoms with Crippen molar-refractivity contribution in [2.24, 2.45) is 0 Å². The summed E-state index contributed by atoms with van der Waals surface area (Å²) in [6.45, 7) is 10.3. The predicted octanol–water partition coefficient (Wildman–Crippen LogP) is 1.56. The lowest BCUT2D eigenvalue weighted by molar-refractivity contribution is 0.396. The molecule has 0 aliphatic rings. The van der Waals surface area contributed by atoms with E-state index in [1.54, 1.807) is 11.8 Å². The summed E-state index contributed by atoms with van der Waals surface area (Å²) in [5, 5.41) is 16.0. The minimum Gasteiger partial charge on any atom is -0.310 e. The number of thioether (sulfide) groups is 1. The third-order valence-electron chi connectivity index (χ3n) is 1.91. The Morgan fingerprint density at radius 1 is 1.38 bits per heavy atom. The Morgan fingerprint density at radius 3 is 2.75 bits per heavy atom. The van der Waals surface area contributed by atoms with E-state index in [0.717, 1.165) is 30.4 Å². The molecule has 0 atom stereocenters. The van der Waals surface area contributed by atoms with Gasteiger partial charge in [-0.25, -0.2) is 4.68 Å². The van der Waals surface area contributed by atoms with E-state index >= 15 is 0 Å². The van der Waals surface area contributed by atoms with Crippen LogP contribution >= 0.6 is 11.8 Å². The highest BCUT2D eigenvalue weighted by Gasteiger charge is 2.10. The van der Waals surface area contributed by atoms with E-state index < -0.39 is 0 Å². The molecule has 1 N–H and O–H groups in total. The first-order valence-corrected chi connectivity index (χ1v) is 6.65. The summed E-state index contributed by atoms with van der Waals surface area (Å²) < 4.78 is 1.86. The summed E-state index contributed by atoms with van der Waals surface area (Å²) in [6.07, 6.45) is 1.14. The molecule has 0 spiro atoms. The average Bonchev–Trinajstić information content (AvgIpc) is 2.60. The average molecular weight is 243 g/mol. The first kappa shape index (κ1) is 13.4. The summed E-state index contributed by atoms with van der Waals surface area (Å²) in [6, 6.07) is 0.